The standard InChI is InChI=1S/C19H30N2O3S/c1-6-18(15(4)5)20-19(22)14-11-16-9-12-17(13-10-16)25(23,24)21(7-2)8-3/h9-15,18H,6-8H2,1-5H3,(H,20,22)/b14-11+/t18-/m0/s1. The van der Waals surface area contributed by atoms with Crippen molar-refractivity contribution in [1.82, 2.24) is 9.62 Å². The highest BCUT2D eigenvalue weighted by molar-refractivity contribution is 7.89. The second-order valence-corrected chi connectivity index (χ2v) is 8.20. The third-order valence-electron chi connectivity index (χ3n) is 4.22. The van der Waals surface area contributed by atoms with Crippen LogP contribution < -0.4 is 5.32 Å². The Labute approximate surface area is 152 Å². The molecule has 0 saturated heterocycles. The molecule has 0 unspecified atom stereocenters. The van der Waals surface area contributed by atoms with Gasteiger partial charge in [-0.2, -0.15) is 4.31 Å². The highest BCUT2D eigenvalue weighted by atomic mass is 32.2. The van der Waals surface area contributed by atoms with Crippen LogP contribution in [0.2, 0.25) is 0 Å². The number of carbonyl (C=O) groups is 1. The number of sulfonamides is 1. The van der Waals surface area contributed by atoms with Crippen molar-refractivity contribution in [3.63, 3.8) is 0 Å². The van der Waals surface area contributed by atoms with Crippen LogP contribution in [0.4, 0.5) is 0 Å². The Morgan fingerprint density at radius 2 is 1.68 bits per heavy atom. The first kappa shape index (κ1) is 21.4. The Morgan fingerprint density at radius 3 is 2.12 bits per heavy atom. The van der Waals surface area contributed by atoms with E-state index in [4.69, 9.17) is 0 Å². The molecule has 0 aliphatic heterocycles. The molecule has 1 rings (SSSR count). The summed E-state index contributed by atoms with van der Waals surface area (Å²) in [4.78, 5) is 12.3. The Kier molecular flexibility index (Phi) is 8.32. The van der Waals surface area contributed by atoms with Crippen LogP contribution in [-0.4, -0.2) is 37.8 Å². The summed E-state index contributed by atoms with van der Waals surface area (Å²) in [6.07, 6.45) is 4.06. The molecule has 1 amide bonds. The third kappa shape index (κ3) is 5.97. The zero-order valence-electron chi connectivity index (χ0n) is 15.8. The first-order chi connectivity index (χ1) is 11.8. The number of carbonyl (C=O) groups excluding carboxylic acids is 1. The molecule has 0 aliphatic carbocycles. The largest absolute Gasteiger partial charge is 0.350 e. The van der Waals surface area contributed by atoms with Crippen LogP contribution in [0, 0.1) is 5.92 Å². The Balaban J connectivity index is 2.82. The second-order valence-electron chi connectivity index (χ2n) is 6.26. The number of benzene rings is 1. The fraction of sp³-hybridized carbons (Fsp3) is 0.526. The minimum absolute atomic E-state index is 0.139. The molecule has 5 nitrogen and oxygen atoms in total. The van der Waals surface area contributed by atoms with E-state index in [0.29, 0.717) is 19.0 Å². The number of nitrogens with one attached hydrogen (secondary N) is 1. The van der Waals surface area contributed by atoms with E-state index in [0.717, 1.165) is 12.0 Å². The summed E-state index contributed by atoms with van der Waals surface area (Å²) in [5.74, 6) is 0.243. The maximum atomic E-state index is 12.4. The van der Waals surface area contributed by atoms with Crippen molar-refractivity contribution < 1.29 is 13.2 Å². The second kappa shape index (κ2) is 9.73. The van der Waals surface area contributed by atoms with Gasteiger partial charge in [0.25, 0.3) is 0 Å². The molecule has 0 aliphatic rings. The lowest BCUT2D eigenvalue weighted by Gasteiger charge is -2.19. The maximum absolute atomic E-state index is 12.4. The number of rotatable bonds is 9. The molecule has 0 spiro atoms. The van der Waals surface area contributed by atoms with Crippen molar-refractivity contribution in [3.05, 3.63) is 35.9 Å². The molecule has 0 aromatic heterocycles. The van der Waals surface area contributed by atoms with Crippen molar-refractivity contribution in [2.75, 3.05) is 13.1 Å². The van der Waals surface area contributed by atoms with Crippen LogP contribution in [0.3, 0.4) is 0 Å². The lowest BCUT2D eigenvalue weighted by molar-refractivity contribution is -0.117. The van der Waals surface area contributed by atoms with Crippen LogP contribution in [0.15, 0.2) is 35.2 Å². The van der Waals surface area contributed by atoms with E-state index in [2.05, 4.69) is 19.2 Å². The van der Waals surface area contributed by atoms with Crippen LogP contribution in [0.5, 0.6) is 0 Å². The minimum atomic E-state index is -3.45. The molecule has 0 fully saturated rings. The van der Waals surface area contributed by atoms with Crippen molar-refractivity contribution in [2.24, 2.45) is 5.92 Å². The quantitative estimate of drug-likeness (QED) is 0.682. The SMILES string of the molecule is CC[C@H](NC(=O)/C=C/c1ccc(S(=O)(=O)N(CC)CC)cc1)C(C)C. The molecule has 6 heteroatoms. The molecule has 1 aromatic carbocycles. The van der Waals surface area contributed by atoms with Crippen LogP contribution >= 0.6 is 0 Å². The predicted molar refractivity (Wildman–Crippen MR) is 103 cm³/mol. The highest BCUT2D eigenvalue weighted by Crippen LogP contribution is 2.16. The third-order valence-corrected chi connectivity index (χ3v) is 6.29. The zero-order valence-corrected chi connectivity index (χ0v) is 16.6. The predicted octanol–water partition coefficient (Wildman–Crippen LogP) is 3.28. The van der Waals surface area contributed by atoms with E-state index >= 15 is 0 Å². The number of hydrogen-bond acceptors (Lipinski definition) is 3. The van der Waals surface area contributed by atoms with Gasteiger partial charge in [-0.05, 0) is 36.1 Å². The average Bonchev–Trinajstić information content (AvgIpc) is 2.58. The van der Waals surface area contributed by atoms with E-state index in [1.54, 1.807) is 30.3 Å². The van der Waals surface area contributed by atoms with Crippen molar-refractivity contribution in [2.45, 2.75) is 52.0 Å². The van der Waals surface area contributed by atoms with E-state index in [1.807, 2.05) is 20.8 Å². The fourth-order valence-corrected chi connectivity index (χ4v) is 4.06. The Hall–Kier alpha value is -1.66. The molecule has 0 saturated carbocycles. The molecule has 1 N–H and O–H groups in total. The van der Waals surface area contributed by atoms with Crippen molar-refractivity contribution >= 4 is 22.0 Å². The first-order valence-corrected chi connectivity index (χ1v) is 10.3. The highest BCUT2D eigenvalue weighted by Gasteiger charge is 2.20. The summed E-state index contributed by atoms with van der Waals surface area (Å²) < 4.78 is 26.3. The number of amides is 1. The van der Waals surface area contributed by atoms with Gasteiger partial charge in [-0.15, -0.1) is 0 Å². The summed E-state index contributed by atoms with van der Waals surface area (Å²) in [6.45, 7) is 10.7. The van der Waals surface area contributed by atoms with E-state index in [9.17, 15) is 13.2 Å². The summed E-state index contributed by atoms with van der Waals surface area (Å²) >= 11 is 0. The van der Waals surface area contributed by atoms with Gasteiger partial charge in [-0.3, -0.25) is 4.79 Å². The van der Waals surface area contributed by atoms with Gasteiger partial charge in [-0.25, -0.2) is 8.42 Å². The van der Waals surface area contributed by atoms with Gasteiger partial charge in [0.05, 0.1) is 4.90 Å². The molecule has 1 atom stereocenters. The van der Waals surface area contributed by atoms with Crippen LogP contribution in [0.25, 0.3) is 6.08 Å². The average molecular weight is 367 g/mol. The van der Waals surface area contributed by atoms with Crippen molar-refractivity contribution in [3.8, 4) is 0 Å². The topological polar surface area (TPSA) is 66.5 Å². The Bertz CT molecular complexity index is 675. The normalized spacial score (nSPS) is 13.6. The molecule has 0 bridgehead atoms. The molecule has 1 aromatic rings. The Morgan fingerprint density at radius 1 is 1.12 bits per heavy atom. The smallest absolute Gasteiger partial charge is 0.244 e. The lowest BCUT2D eigenvalue weighted by atomic mass is 10.0. The molecule has 140 valence electrons. The molecular weight excluding hydrogens is 336 g/mol. The minimum Gasteiger partial charge on any atom is -0.350 e. The first-order valence-electron chi connectivity index (χ1n) is 8.84. The summed E-state index contributed by atoms with van der Waals surface area (Å²) in [6, 6.07) is 6.72. The number of hydrogen-bond donors (Lipinski definition) is 1. The van der Waals surface area contributed by atoms with Gasteiger partial charge in [-0.1, -0.05) is 46.8 Å². The summed E-state index contributed by atoms with van der Waals surface area (Å²) in [7, 11) is -3.45. The van der Waals surface area contributed by atoms with Gasteiger partial charge in [0.15, 0.2) is 0 Å². The fourth-order valence-electron chi connectivity index (χ4n) is 2.61. The zero-order chi connectivity index (χ0) is 19.0. The van der Waals surface area contributed by atoms with Crippen molar-refractivity contribution in [1.29, 1.82) is 0 Å². The lowest BCUT2D eigenvalue weighted by Crippen LogP contribution is -2.36. The maximum Gasteiger partial charge on any atom is 0.244 e. The van der Waals surface area contributed by atoms with E-state index in [1.165, 1.54) is 10.4 Å². The van der Waals surface area contributed by atoms with Gasteiger partial charge in [0, 0.05) is 25.2 Å². The van der Waals surface area contributed by atoms with E-state index in [-0.39, 0.29) is 16.8 Å². The summed E-state index contributed by atoms with van der Waals surface area (Å²) in [5, 5.41) is 2.97. The van der Waals surface area contributed by atoms with Gasteiger partial charge < -0.3 is 5.32 Å². The summed E-state index contributed by atoms with van der Waals surface area (Å²) in [5.41, 5.74) is 0.784. The van der Waals surface area contributed by atoms with Crippen LogP contribution in [0.1, 0.15) is 46.6 Å². The van der Waals surface area contributed by atoms with Gasteiger partial charge >= 0.3 is 0 Å². The monoisotopic (exact) mass is 366 g/mol. The van der Waals surface area contributed by atoms with E-state index < -0.39 is 10.0 Å². The molecule has 0 heterocycles. The molecule has 25 heavy (non-hydrogen) atoms. The van der Waals surface area contributed by atoms with Gasteiger partial charge in [0.2, 0.25) is 15.9 Å². The molecular formula is C19H30N2O3S. The molecule has 0 radical (unpaired) electrons. The number of nitrogens with zero attached hydrogens (tertiary/aromatic N) is 1. The van der Waals surface area contributed by atoms with Gasteiger partial charge in [0.1, 0.15) is 0 Å². The van der Waals surface area contributed by atoms with Crippen LogP contribution in [-0.2, 0) is 14.8 Å².